The Morgan fingerprint density at radius 1 is 1.07 bits per heavy atom. The van der Waals surface area contributed by atoms with Gasteiger partial charge in [-0.25, -0.2) is 0 Å². The van der Waals surface area contributed by atoms with Gasteiger partial charge in [0.05, 0.1) is 5.60 Å². The first-order valence-corrected chi connectivity index (χ1v) is 6.01. The molecule has 3 rings (SSSR count). The summed E-state index contributed by atoms with van der Waals surface area (Å²) in [4.78, 5) is 0. The van der Waals surface area contributed by atoms with Crippen LogP contribution >= 0.6 is 0 Å². The number of rotatable bonds is 1. The molecule has 80 valence electrons. The quantitative estimate of drug-likeness (QED) is 0.742. The largest absolute Gasteiger partial charge is 0.385 e. The Bertz CT molecular complexity index is 363. The Balaban J connectivity index is 2.10. The van der Waals surface area contributed by atoms with Crippen LogP contribution in [0, 0.1) is 18.8 Å². The Kier molecular flexibility index (Phi) is 1.93. The number of hydrogen-bond donors (Lipinski definition) is 1. The third-order valence-corrected chi connectivity index (χ3v) is 4.55. The van der Waals surface area contributed by atoms with E-state index in [0.29, 0.717) is 11.8 Å². The molecular formula is C14H18O. The molecule has 1 heteroatoms. The van der Waals surface area contributed by atoms with Gasteiger partial charge in [0.1, 0.15) is 0 Å². The van der Waals surface area contributed by atoms with Crippen LogP contribution in [0.25, 0.3) is 0 Å². The van der Waals surface area contributed by atoms with Crippen LogP contribution in [0.2, 0.25) is 0 Å². The van der Waals surface area contributed by atoms with Crippen molar-refractivity contribution in [1.29, 1.82) is 0 Å². The molecule has 1 aromatic rings. The molecule has 0 atom stereocenters. The zero-order valence-corrected chi connectivity index (χ0v) is 9.24. The van der Waals surface area contributed by atoms with Crippen LogP contribution in [0.3, 0.4) is 0 Å². The highest BCUT2D eigenvalue weighted by molar-refractivity contribution is 5.34. The molecule has 1 aromatic carbocycles. The van der Waals surface area contributed by atoms with Crippen molar-refractivity contribution in [3.63, 3.8) is 0 Å². The van der Waals surface area contributed by atoms with E-state index in [9.17, 15) is 5.11 Å². The van der Waals surface area contributed by atoms with Crippen LogP contribution in [0.5, 0.6) is 0 Å². The normalized spacial score (nSPS) is 38.5. The third kappa shape index (κ3) is 1.13. The Morgan fingerprint density at radius 2 is 1.60 bits per heavy atom. The fraction of sp³-hybridized carbons (Fsp3) is 0.571. The molecule has 15 heavy (non-hydrogen) atoms. The van der Waals surface area contributed by atoms with E-state index in [4.69, 9.17) is 0 Å². The van der Waals surface area contributed by atoms with Gasteiger partial charge < -0.3 is 5.11 Å². The number of benzene rings is 1. The topological polar surface area (TPSA) is 20.2 Å². The molecule has 0 heterocycles. The highest BCUT2D eigenvalue weighted by Gasteiger charge is 2.54. The molecule has 0 saturated heterocycles. The second-order valence-corrected chi connectivity index (χ2v) is 5.19. The lowest BCUT2D eigenvalue weighted by molar-refractivity contribution is -0.0108. The van der Waals surface area contributed by atoms with Crippen LogP contribution in [-0.2, 0) is 5.60 Å². The lowest BCUT2D eigenvalue weighted by Gasteiger charge is -2.30. The first kappa shape index (κ1) is 9.41. The SMILES string of the molecule is Cc1ccccc1C1(O)C2CCC1CC2. The summed E-state index contributed by atoms with van der Waals surface area (Å²) in [5.41, 5.74) is 1.94. The molecule has 2 saturated carbocycles. The van der Waals surface area contributed by atoms with Crippen molar-refractivity contribution in [2.45, 2.75) is 38.2 Å². The molecule has 0 radical (unpaired) electrons. The summed E-state index contributed by atoms with van der Waals surface area (Å²) in [5.74, 6) is 1.03. The summed E-state index contributed by atoms with van der Waals surface area (Å²) in [6.07, 6.45) is 4.87. The van der Waals surface area contributed by atoms with E-state index in [1.54, 1.807) is 0 Å². The summed E-state index contributed by atoms with van der Waals surface area (Å²) in [6, 6.07) is 8.34. The lowest BCUT2D eigenvalue weighted by atomic mass is 9.82. The number of hydrogen-bond acceptors (Lipinski definition) is 1. The Labute approximate surface area is 91.1 Å². The standard InChI is InChI=1S/C14H18O/c1-10-4-2-3-5-13(10)14(15)11-6-7-12(14)9-8-11/h2-5,11-12,15H,6-9H2,1H3. The second kappa shape index (κ2) is 3.08. The molecule has 2 aliphatic rings. The fourth-order valence-electron chi connectivity index (χ4n) is 3.77. The minimum atomic E-state index is -0.495. The molecule has 2 bridgehead atoms. The minimum absolute atomic E-state index is 0.495. The molecule has 1 nitrogen and oxygen atoms in total. The lowest BCUT2D eigenvalue weighted by Crippen LogP contribution is -2.31. The van der Waals surface area contributed by atoms with E-state index >= 15 is 0 Å². The van der Waals surface area contributed by atoms with E-state index in [0.717, 1.165) is 0 Å². The van der Waals surface area contributed by atoms with Gasteiger partial charge >= 0.3 is 0 Å². The molecule has 2 aliphatic carbocycles. The van der Waals surface area contributed by atoms with Gasteiger partial charge in [0.25, 0.3) is 0 Å². The van der Waals surface area contributed by atoms with Gasteiger partial charge in [0, 0.05) is 0 Å². The zero-order valence-electron chi connectivity index (χ0n) is 9.24. The van der Waals surface area contributed by atoms with Crippen LogP contribution in [0.15, 0.2) is 24.3 Å². The number of aliphatic hydroxyl groups is 1. The van der Waals surface area contributed by atoms with Crippen molar-refractivity contribution in [3.05, 3.63) is 35.4 Å². The molecule has 2 fully saturated rings. The van der Waals surface area contributed by atoms with Gasteiger partial charge in [0.2, 0.25) is 0 Å². The molecular weight excluding hydrogens is 184 g/mol. The highest BCUT2D eigenvalue weighted by atomic mass is 16.3. The fourth-order valence-corrected chi connectivity index (χ4v) is 3.77. The first-order valence-electron chi connectivity index (χ1n) is 6.01. The van der Waals surface area contributed by atoms with Crippen molar-refractivity contribution in [2.24, 2.45) is 11.8 Å². The summed E-state index contributed by atoms with van der Waals surface area (Å²) < 4.78 is 0. The monoisotopic (exact) mass is 202 g/mol. The highest BCUT2D eigenvalue weighted by Crippen LogP contribution is 2.57. The molecule has 0 amide bonds. The van der Waals surface area contributed by atoms with Gasteiger partial charge in [-0.15, -0.1) is 0 Å². The summed E-state index contributed by atoms with van der Waals surface area (Å²) in [5, 5.41) is 10.9. The summed E-state index contributed by atoms with van der Waals surface area (Å²) >= 11 is 0. The minimum Gasteiger partial charge on any atom is -0.385 e. The molecule has 0 aromatic heterocycles. The van der Waals surface area contributed by atoms with Crippen molar-refractivity contribution in [2.75, 3.05) is 0 Å². The number of aryl methyl sites for hydroxylation is 1. The molecule has 0 unspecified atom stereocenters. The van der Waals surface area contributed by atoms with Gasteiger partial charge in [0.15, 0.2) is 0 Å². The molecule has 1 N–H and O–H groups in total. The predicted molar refractivity (Wildman–Crippen MR) is 60.5 cm³/mol. The van der Waals surface area contributed by atoms with Crippen LogP contribution in [0.1, 0.15) is 36.8 Å². The third-order valence-electron chi connectivity index (χ3n) is 4.55. The molecule has 0 aliphatic heterocycles. The van der Waals surface area contributed by atoms with Crippen LogP contribution in [-0.4, -0.2) is 5.11 Å². The van der Waals surface area contributed by atoms with Crippen molar-refractivity contribution < 1.29 is 5.11 Å². The number of fused-ring (bicyclic) bond motifs is 2. The summed E-state index contributed by atoms with van der Waals surface area (Å²) in [7, 11) is 0. The van der Waals surface area contributed by atoms with E-state index in [1.807, 2.05) is 0 Å². The van der Waals surface area contributed by atoms with Gasteiger partial charge in [-0.2, -0.15) is 0 Å². The Hall–Kier alpha value is -0.820. The average molecular weight is 202 g/mol. The van der Waals surface area contributed by atoms with Gasteiger partial charge in [-0.1, -0.05) is 24.3 Å². The van der Waals surface area contributed by atoms with Crippen LogP contribution < -0.4 is 0 Å². The van der Waals surface area contributed by atoms with Crippen molar-refractivity contribution in [1.82, 2.24) is 0 Å². The Morgan fingerprint density at radius 3 is 2.13 bits per heavy atom. The van der Waals surface area contributed by atoms with Crippen molar-refractivity contribution in [3.8, 4) is 0 Å². The zero-order chi connectivity index (χ0) is 10.5. The second-order valence-electron chi connectivity index (χ2n) is 5.19. The van der Waals surface area contributed by atoms with Gasteiger partial charge in [-0.05, 0) is 55.6 Å². The first-order chi connectivity index (χ1) is 7.23. The average Bonchev–Trinajstić information content (AvgIpc) is 2.74. The van der Waals surface area contributed by atoms with Crippen LogP contribution in [0.4, 0.5) is 0 Å². The summed E-state index contributed by atoms with van der Waals surface area (Å²) in [6.45, 7) is 2.12. The maximum absolute atomic E-state index is 10.9. The van der Waals surface area contributed by atoms with E-state index in [1.165, 1.54) is 36.8 Å². The van der Waals surface area contributed by atoms with E-state index in [-0.39, 0.29) is 0 Å². The van der Waals surface area contributed by atoms with E-state index < -0.39 is 5.60 Å². The van der Waals surface area contributed by atoms with Crippen molar-refractivity contribution >= 4 is 0 Å². The predicted octanol–water partition coefficient (Wildman–Crippen LogP) is 3.00. The van der Waals surface area contributed by atoms with Gasteiger partial charge in [-0.3, -0.25) is 0 Å². The van der Waals surface area contributed by atoms with E-state index in [2.05, 4.69) is 31.2 Å². The smallest absolute Gasteiger partial charge is 0.0955 e. The maximum atomic E-state index is 10.9. The maximum Gasteiger partial charge on any atom is 0.0955 e. The molecule has 0 spiro atoms.